The van der Waals surface area contributed by atoms with Crippen LogP contribution in [0.3, 0.4) is 0 Å². The average molecular weight is 599 g/mol. The number of amides is 2. The predicted molar refractivity (Wildman–Crippen MR) is 157 cm³/mol. The number of aliphatic carboxylic acids is 2. The van der Waals surface area contributed by atoms with E-state index in [1.54, 1.807) is 27.7 Å². The fraction of sp³-hybridized carbons (Fsp3) is 0.750. The second-order valence-corrected chi connectivity index (χ2v) is 11.3. The Kier molecular flexibility index (Phi) is 17.9. The minimum Gasteiger partial charge on any atom is -0.481 e. The molecule has 0 fully saturated rings. The fourth-order valence-electron chi connectivity index (χ4n) is 4.35. The van der Waals surface area contributed by atoms with Gasteiger partial charge >= 0.3 is 11.9 Å². The lowest BCUT2D eigenvalue weighted by Gasteiger charge is -2.27. The number of nitrogens with two attached hydrogens (primary N) is 3. The Bertz CT molecular complexity index is 964. The summed E-state index contributed by atoms with van der Waals surface area (Å²) in [6, 6.07) is -3.48. The second-order valence-electron chi connectivity index (χ2n) is 11.3. The molecule has 0 saturated heterocycles. The highest BCUT2D eigenvalue weighted by atomic mass is 16.4. The first-order valence-corrected chi connectivity index (χ1v) is 14.4. The first-order valence-electron chi connectivity index (χ1n) is 14.4. The predicted octanol–water partition coefficient (Wildman–Crippen LogP) is 0.549. The van der Waals surface area contributed by atoms with Gasteiger partial charge in [-0.3, -0.25) is 33.8 Å². The van der Waals surface area contributed by atoms with Gasteiger partial charge in [0.25, 0.3) is 0 Å². The molecule has 14 nitrogen and oxygen atoms in total. The summed E-state index contributed by atoms with van der Waals surface area (Å²) >= 11 is 0. The number of ketones is 2. The Hall–Kier alpha value is -3.55. The van der Waals surface area contributed by atoms with Crippen LogP contribution in [0, 0.1) is 23.7 Å². The Morgan fingerprint density at radius 3 is 1.88 bits per heavy atom. The lowest BCUT2D eigenvalue weighted by atomic mass is 9.86. The maximum atomic E-state index is 13.2. The first-order chi connectivity index (χ1) is 19.5. The Morgan fingerprint density at radius 1 is 0.786 bits per heavy atom. The Labute approximate surface area is 247 Å². The molecule has 0 aromatic rings. The van der Waals surface area contributed by atoms with Crippen molar-refractivity contribution in [3.8, 4) is 0 Å². The number of carboxylic acids is 2. The molecular weight excluding hydrogens is 548 g/mol. The van der Waals surface area contributed by atoms with Crippen LogP contribution in [-0.4, -0.2) is 76.2 Å². The van der Waals surface area contributed by atoms with Gasteiger partial charge in [0, 0.05) is 25.3 Å². The quantitative estimate of drug-likeness (QED) is 0.0514. The molecule has 0 aliphatic heterocycles. The highest BCUT2D eigenvalue weighted by Crippen LogP contribution is 2.20. The molecule has 0 bridgehead atoms. The number of rotatable bonds is 22. The van der Waals surface area contributed by atoms with Gasteiger partial charge in [-0.1, -0.05) is 47.5 Å². The summed E-state index contributed by atoms with van der Waals surface area (Å²) in [6.45, 7) is 8.87. The van der Waals surface area contributed by atoms with E-state index in [2.05, 4.69) is 15.6 Å². The topological polar surface area (TPSA) is 257 Å². The number of guanidine groups is 1. The Balaban J connectivity index is 5.69. The van der Waals surface area contributed by atoms with Crippen LogP contribution in [0.15, 0.2) is 4.99 Å². The third kappa shape index (κ3) is 14.9. The summed E-state index contributed by atoms with van der Waals surface area (Å²) in [5.74, 6) is -7.60. The van der Waals surface area contributed by atoms with Crippen LogP contribution < -0.4 is 27.8 Å². The standard InChI is InChI=1S/C28H50N6O8/c1-6-7-9-17(12-21(35)19(29)10-8-11-32-28(30)31)25(39)33-20(14-23(37)38)26(40)34-24(16(4)5)22(36)13-18(15(2)3)27(41)42/h15-20,24H,6-14,29H2,1-5H3,(H,33,39)(H,34,40)(H,37,38)(H,41,42)(H4,30,31,32)/t17?,18-,19-,20-,24?/m0/s1. The normalized spacial score (nSPS) is 14.8. The number of nitrogens with zero attached hydrogens (tertiary/aromatic N) is 1. The van der Waals surface area contributed by atoms with E-state index in [1.165, 1.54) is 0 Å². The van der Waals surface area contributed by atoms with Gasteiger partial charge in [0.2, 0.25) is 11.8 Å². The minimum absolute atomic E-state index is 0.0738. The van der Waals surface area contributed by atoms with Gasteiger partial charge in [-0.15, -0.1) is 0 Å². The molecule has 0 spiro atoms. The minimum atomic E-state index is -1.53. The molecule has 5 atom stereocenters. The molecule has 0 aliphatic carbocycles. The molecule has 0 heterocycles. The SMILES string of the molecule is CCCCC(CC(=O)[C@@H](N)CCCN=C(N)N)C(=O)N[C@@H](CC(=O)O)C(=O)NC(C(=O)C[C@H](C(=O)O)C(C)C)C(C)C. The highest BCUT2D eigenvalue weighted by molar-refractivity contribution is 5.96. The largest absolute Gasteiger partial charge is 0.481 e. The summed E-state index contributed by atoms with van der Waals surface area (Å²) in [5, 5.41) is 23.8. The Morgan fingerprint density at radius 2 is 1.40 bits per heavy atom. The van der Waals surface area contributed by atoms with Crippen molar-refractivity contribution in [3.63, 3.8) is 0 Å². The lowest BCUT2D eigenvalue weighted by Crippen LogP contribution is -2.55. The van der Waals surface area contributed by atoms with Crippen molar-refractivity contribution in [2.45, 2.75) is 104 Å². The second kappa shape index (κ2) is 19.5. The van der Waals surface area contributed by atoms with Gasteiger partial charge in [-0.05, 0) is 31.1 Å². The zero-order chi connectivity index (χ0) is 32.6. The van der Waals surface area contributed by atoms with Crippen molar-refractivity contribution in [2.75, 3.05) is 6.54 Å². The first kappa shape index (κ1) is 38.5. The van der Waals surface area contributed by atoms with Crippen molar-refractivity contribution < 1.29 is 39.0 Å². The van der Waals surface area contributed by atoms with E-state index in [4.69, 9.17) is 17.2 Å². The smallest absolute Gasteiger partial charge is 0.307 e. The summed E-state index contributed by atoms with van der Waals surface area (Å²) in [5.41, 5.74) is 16.6. The van der Waals surface area contributed by atoms with Crippen LogP contribution in [0.2, 0.25) is 0 Å². The van der Waals surface area contributed by atoms with Crippen LogP contribution in [0.1, 0.15) is 86.0 Å². The van der Waals surface area contributed by atoms with Crippen molar-refractivity contribution >= 4 is 41.3 Å². The number of Topliss-reactive ketones (excluding diaryl/α,β-unsaturated/α-hetero) is 2. The number of carbonyl (C=O) groups excluding carboxylic acids is 4. The molecule has 2 unspecified atom stereocenters. The third-order valence-corrected chi connectivity index (χ3v) is 6.97. The van der Waals surface area contributed by atoms with E-state index in [0.29, 0.717) is 32.2 Å². The summed E-state index contributed by atoms with van der Waals surface area (Å²) < 4.78 is 0. The average Bonchev–Trinajstić information content (AvgIpc) is 2.88. The number of nitrogens with one attached hydrogen (secondary N) is 2. The van der Waals surface area contributed by atoms with Gasteiger partial charge in [0.05, 0.1) is 24.4 Å². The maximum Gasteiger partial charge on any atom is 0.307 e. The molecule has 2 amide bonds. The van der Waals surface area contributed by atoms with E-state index in [1.807, 2.05) is 6.92 Å². The summed E-state index contributed by atoms with van der Waals surface area (Å²) in [6.07, 6.45) is 1.12. The molecule has 10 N–H and O–H groups in total. The van der Waals surface area contributed by atoms with Crippen LogP contribution in [0.25, 0.3) is 0 Å². The molecule has 240 valence electrons. The lowest BCUT2D eigenvalue weighted by molar-refractivity contribution is -0.146. The highest BCUT2D eigenvalue weighted by Gasteiger charge is 2.34. The molecule has 0 aromatic heterocycles. The van der Waals surface area contributed by atoms with Gasteiger partial charge in [0.1, 0.15) is 11.8 Å². The van der Waals surface area contributed by atoms with E-state index in [-0.39, 0.29) is 30.5 Å². The number of aliphatic imine (C=N–C) groups is 1. The number of hydrogen-bond donors (Lipinski definition) is 7. The molecular formula is C28H50N6O8. The molecule has 14 heteroatoms. The maximum absolute atomic E-state index is 13.2. The monoisotopic (exact) mass is 598 g/mol. The van der Waals surface area contributed by atoms with Crippen molar-refractivity contribution in [1.29, 1.82) is 0 Å². The van der Waals surface area contributed by atoms with Gasteiger partial charge < -0.3 is 38.0 Å². The zero-order valence-corrected chi connectivity index (χ0v) is 25.4. The molecule has 0 rings (SSSR count). The molecule has 0 radical (unpaired) electrons. The third-order valence-electron chi connectivity index (χ3n) is 6.97. The van der Waals surface area contributed by atoms with Crippen molar-refractivity contribution in [2.24, 2.45) is 45.9 Å². The van der Waals surface area contributed by atoms with Crippen LogP contribution >= 0.6 is 0 Å². The number of hydrogen-bond acceptors (Lipinski definition) is 8. The molecule has 0 aliphatic rings. The van der Waals surface area contributed by atoms with Gasteiger partial charge in [-0.2, -0.15) is 0 Å². The van der Waals surface area contributed by atoms with Crippen molar-refractivity contribution in [1.82, 2.24) is 10.6 Å². The van der Waals surface area contributed by atoms with E-state index < -0.39 is 71.8 Å². The molecule has 0 saturated carbocycles. The van der Waals surface area contributed by atoms with Crippen LogP contribution in [0.5, 0.6) is 0 Å². The van der Waals surface area contributed by atoms with Crippen molar-refractivity contribution in [3.05, 3.63) is 0 Å². The van der Waals surface area contributed by atoms with E-state index in [9.17, 15) is 39.0 Å². The zero-order valence-electron chi connectivity index (χ0n) is 25.4. The van der Waals surface area contributed by atoms with E-state index >= 15 is 0 Å². The van der Waals surface area contributed by atoms with Crippen LogP contribution in [-0.2, 0) is 28.8 Å². The number of carbonyl (C=O) groups is 6. The summed E-state index contributed by atoms with van der Waals surface area (Å²) in [4.78, 5) is 79.2. The van der Waals surface area contributed by atoms with E-state index in [0.717, 1.165) is 6.42 Å². The number of carboxylic acid groups (broad SMARTS) is 2. The molecule has 42 heavy (non-hydrogen) atoms. The number of unbranched alkanes of at least 4 members (excludes halogenated alkanes) is 1. The van der Waals surface area contributed by atoms with Gasteiger partial charge in [0.15, 0.2) is 11.7 Å². The molecule has 0 aromatic carbocycles. The summed E-state index contributed by atoms with van der Waals surface area (Å²) in [7, 11) is 0. The fourth-order valence-corrected chi connectivity index (χ4v) is 4.35. The van der Waals surface area contributed by atoms with Crippen LogP contribution in [0.4, 0.5) is 0 Å². The van der Waals surface area contributed by atoms with Gasteiger partial charge in [-0.25, -0.2) is 0 Å².